The van der Waals surface area contributed by atoms with E-state index in [4.69, 9.17) is 5.26 Å². The lowest BCUT2D eigenvalue weighted by Crippen LogP contribution is -2.41. The standard InChI is InChI=1S/C12H13N5O2/c1-3-16-6-9(4-13)11(18)17(12(16)19)7-10-5-14-8-15(10)2/h5-6,8H,3,7H2,1-2H3. The molecular formula is C12H13N5O2. The van der Waals surface area contributed by atoms with Crippen LogP contribution in [0.1, 0.15) is 18.2 Å². The van der Waals surface area contributed by atoms with Crippen LogP contribution in [0.25, 0.3) is 0 Å². The summed E-state index contributed by atoms with van der Waals surface area (Å²) in [6.07, 6.45) is 4.47. The quantitative estimate of drug-likeness (QED) is 0.756. The van der Waals surface area contributed by atoms with Gasteiger partial charge < -0.3 is 4.57 Å². The van der Waals surface area contributed by atoms with Crippen molar-refractivity contribution in [1.82, 2.24) is 18.7 Å². The number of aromatic nitrogens is 4. The van der Waals surface area contributed by atoms with Crippen LogP contribution in [0, 0.1) is 11.3 Å². The minimum absolute atomic E-state index is 0.0383. The molecule has 0 saturated heterocycles. The van der Waals surface area contributed by atoms with Crippen LogP contribution in [0.5, 0.6) is 0 Å². The summed E-state index contributed by atoms with van der Waals surface area (Å²) in [5, 5.41) is 8.94. The fraction of sp³-hybridized carbons (Fsp3) is 0.333. The minimum Gasteiger partial charge on any atom is -0.336 e. The molecule has 2 aromatic heterocycles. The van der Waals surface area contributed by atoms with Crippen molar-refractivity contribution in [3.8, 4) is 6.07 Å². The van der Waals surface area contributed by atoms with E-state index in [9.17, 15) is 9.59 Å². The molecule has 2 aromatic rings. The molecule has 0 aliphatic rings. The summed E-state index contributed by atoms with van der Waals surface area (Å²) in [5.74, 6) is 0. The van der Waals surface area contributed by atoms with Gasteiger partial charge in [0.1, 0.15) is 11.6 Å². The topological polar surface area (TPSA) is 85.6 Å². The largest absolute Gasteiger partial charge is 0.336 e. The van der Waals surface area contributed by atoms with Crippen LogP contribution in [-0.4, -0.2) is 18.7 Å². The molecule has 7 heteroatoms. The van der Waals surface area contributed by atoms with Gasteiger partial charge in [-0.25, -0.2) is 9.78 Å². The van der Waals surface area contributed by atoms with E-state index in [-0.39, 0.29) is 12.1 Å². The summed E-state index contributed by atoms with van der Waals surface area (Å²) < 4.78 is 4.12. The van der Waals surface area contributed by atoms with Crippen LogP contribution < -0.4 is 11.2 Å². The summed E-state index contributed by atoms with van der Waals surface area (Å²) in [7, 11) is 1.78. The Morgan fingerprint density at radius 3 is 2.68 bits per heavy atom. The van der Waals surface area contributed by atoms with E-state index in [1.807, 2.05) is 6.07 Å². The van der Waals surface area contributed by atoms with Gasteiger partial charge in [-0.2, -0.15) is 5.26 Å². The predicted molar refractivity (Wildman–Crippen MR) is 67.7 cm³/mol. The van der Waals surface area contributed by atoms with Crippen molar-refractivity contribution in [3.05, 3.63) is 50.8 Å². The van der Waals surface area contributed by atoms with Gasteiger partial charge in [0.2, 0.25) is 0 Å². The molecule has 0 spiro atoms. The second kappa shape index (κ2) is 4.94. The molecule has 0 aliphatic carbocycles. The highest BCUT2D eigenvalue weighted by Crippen LogP contribution is 1.97. The van der Waals surface area contributed by atoms with E-state index in [1.165, 1.54) is 10.8 Å². The van der Waals surface area contributed by atoms with Gasteiger partial charge in [-0.1, -0.05) is 0 Å². The molecule has 0 bridgehead atoms. The smallest absolute Gasteiger partial charge is 0.331 e. The third-order valence-corrected chi connectivity index (χ3v) is 2.93. The van der Waals surface area contributed by atoms with Crippen molar-refractivity contribution >= 4 is 0 Å². The molecule has 0 aromatic carbocycles. The maximum absolute atomic E-state index is 12.1. The fourth-order valence-corrected chi connectivity index (χ4v) is 1.80. The summed E-state index contributed by atoms with van der Waals surface area (Å²) in [5.41, 5.74) is -0.313. The number of nitriles is 1. The Kier molecular flexibility index (Phi) is 3.33. The molecule has 0 amide bonds. The highest BCUT2D eigenvalue weighted by atomic mass is 16.2. The lowest BCUT2D eigenvalue weighted by molar-refractivity contribution is 0.583. The SMILES string of the molecule is CCn1cc(C#N)c(=O)n(Cc2cncn2C)c1=O. The fourth-order valence-electron chi connectivity index (χ4n) is 1.80. The highest BCUT2D eigenvalue weighted by molar-refractivity contribution is 5.22. The van der Waals surface area contributed by atoms with Crippen molar-refractivity contribution in [3.63, 3.8) is 0 Å². The second-order valence-electron chi connectivity index (χ2n) is 4.11. The Bertz CT molecular complexity index is 760. The van der Waals surface area contributed by atoms with Crippen molar-refractivity contribution in [2.75, 3.05) is 0 Å². The van der Waals surface area contributed by atoms with Crippen LogP contribution >= 0.6 is 0 Å². The first-order valence-corrected chi connectivity index (χ1v) is 5.78. The molecule has 0 fully saturated rings. The predicted octanol–water partition coefficient (Wildman–Crippen LogP) is -0.317. The van der Waals surface area contributed by atoms with Crippen LogP contribution in [-0.2, 0) is 20.1 Å². The molecule has 0 aliphatic heterocycles. The lowest BCUT2D eigenvalue weighted by Gasteiger charge is -2.09. The molecule has 2 heterocycles. The average Bonchev–Trinajstić information content (AvgIpc) is 2.80. The van der Waals surface area contributed by atoms with Crippen LogP contribution in [0.15, 0.2) is 28.3 Å². The Morgan fingerprint density at radius 2 is 2.16 bits per heavy atom. The van der Waals surface area contributed by atoms with Gasteiger partial charge in [0.25, 0.3) is 5.56 Å². The molecule has 0 unspecified atom stereocenters. The highest BCUT2D eigenvalue weighted by Gasteiger charge is 2.12. The molecule has 0 radical (unpaired) electrons. The Labute approximate surface area is 109 Å². The first-order valence-electron chi connectivity index (χ1n) is 5.78. The number of nitrogens with zero attached hydrogens (tertiary/aromatic N) is 5. The van der Waals surface area contributed by atoms with Crippen molar-refractivity contribution in [1.29, 1.82) is 5.26 Å². The molecule has 0 saturated carbocycles. The van der Waals surface area contributed by atoms with Crippen molar-refractivity contribution < 1.29 is 0 Å². The van der Waals surface area contributed by atoms with E-state index in [1.54, 1.807) is 31.1 Å². The Balaban J connectivity index is 2.63. The molecule has 2 rings (SSSR count). The molecular weight excluding hydrogens is 246 g/mol. The number of rotatable bonds is 3. The minimum atomic E-state index is -0.571. The van der Waals surface area contributed by atoms with Gasteiger partial charge in [-0.3, -0.25) is 13.9 Å². The zero-order valence-corrected chi connectivity index (χ0v) is 10.7. The van der Waals surface area contributed by atoms with Gasteiger partial charge >= 0.3 is 5.69 Å². The Morgan fingerprint density at radius 1 is 1.42 bits per heavy atom. The molecule has 98 valence electrons. The van der Waals surface area contributed by atoms with E-state index >= 15 is 0 Å². The Hall–Kier alpha value is -2.62. The summed E-state index contributed by atoms with van der Waals surface area (Å²) in [6.45, 7) is 2.28. The van der Waals surface area contributed by atoms with E-state index in [2.05, 4.69) is 4.98 Å². The zero-order valence-electron chi connectivity index (χ0n) is 10.7. The molecule has 19 heavy (non-hydrogen) atoms. The monoisotopic (exact) mass is 259 g/mol. The van der Waals surface area contributed by atoms with Crippen LogP contribution in [0.3, 0.4) is 0 Å². The number of hydrogen-bond donors (Lipinski definition) is 0. The summed E-state index contributed by atoms with van der Waals surface area (Å²) >= 11 is 0. The zero-order chi connectivity index (χ0) is 14.0. The first kappa shape index (κ1) is 12.8. The molecule has 7 nitrogen and oxygen atoms in total. The molecule has 0 N–H and O–H groups in total. The molecule has 0 atom stereocenters. The third kappa shape index (κ3) is 2.20. The number of imidazole rings is 1. The maximum atomic E-state index is 12.1. The number of aryl methyl sites for hydroxylation is 2. The van der Waals surface area contributed by atoms with Gasteiger partial charge in [0, 0.05) is 26.0 Å². The normalized spacial score (nSPS) is 10.4. The van der Waals surface area contributed by atoms with E-state index in [0.29, 0.717) is 6.54 Å². The van der Waals surface area contributed by atoms with Crippen molar-refractivity contribution in [2.24, 2.45) is 7.05 Å². The van der Waals surface area contributed by atoms with E-state index < -0.39 is 11.2 Å². The third-order valence-electron chi connectivity index (χ3n) is 2.93. The maximum Gasteiger partial charge on any atom is 0.331 e. The first-order chi connectivity index (χ1) is 9.08. The van der Waals surface area contributed by atoms with Crippen LogP contribution in [0.2, 0.25) is 0 Å². The average molecular weight is 259 g/mol. The van der Waals surface area contributed by atoms with Gasteiger partial charge in [-0.15, -0.1) is 0 Å². The number of hydrogen-bond acceptors (Lipinski definition) is 4. The lowest BCUT2D eigenvalue weighted by atomic mass is 10.3. The van der Waals surface area contributed by atoms with E-state index in [0.717, 1.165) is 10.3 Å². The van der Waals surface area contributed by atoms with Crippen molar-refractivity contribution in [2.45, 2.75) is 20.0 Å². The second-order valence-corrected chi connectivity index (χ2v) is 4.11. The van der Waals surface area contributed by atoms with Gasteiger partial charge in [0.15, 0.2) is 0 Å². The van der Waals surface area contributed by atoms with Crippen LogP contribution in [0.4, 0.5) is 0 Å². The summed E-state index contributed by atoms with van der Waals surface area (Å²) in [4.78, 5) is 28.1. The van der Waals surface area contributed by atoms with Gasteiger partial charge in [-0.05, 0) is 6.92 Å². The van der Waals surface area contributed by atoms with Gasteiger partial charge in [0.05, 0.1) is 18.6 Å². The summed E-state index contributed by atoms with van der Waals surface area (Å²) in [6, 6.07) is 1.82.